The van der Waals surface area contributed by atoms with Crippen LogP contribution in [0.5, 0.6) is 0 Å². The van der Waals surface area contributed by atoms with E-state index in [4.69, 9.17) is 14.0 Å². The van der Waals surface area contributed by atoms with Crippen molar-refractivity contribution in [3.63, 3.8) is 0 Å². The fraction of sp³-hybridized carbons (Fsp3) is 0.412. The minimum absolute atomic E-state index is 0.101. The Labute approximate surface area is 248 Å². The first-order chi connectivity index (χ1) is 19.8. The van der Waals surface area contributed by atoms with E-state index in [0.29, 0.717) is 6.54 Å². The van der Waals surface area contributed by atoms with E-state index in [1.165, 1.54) is 5.39 Å². The van der Waals surface area contributed by atoms with Crippen molar-refractivity contribution in [3.8, 4) is 22.4 Å². The largest absolute Gasteiger partial charge is 0.494 e. The van der Waals surface area contributed by atoms with Crippen LogP contribution in [-0.2, 0) is 14.0 Å². The summed E-state index contributed by atoms with van der Waals surface area (Å²) < 4.78 is 18.1. The predicted molar refractivity (Wildman–Crippen MR) is 168 cm³/mol. The third kappa shape index (κ3) is 5.46. The summed E-state index contributed by atoms with van der Waals surface area (Å²) in [6.45, 7) is 14.7. The van der Waals surface area contributed by atoms with Gasteiger partial charge in [0.1, 0.15) is 11.4 Å². The maximum absolute atomic E-state index is 12.7. The summed E-state index contributed by atoms with van der Waals surface area (Å²) in [6, 6.07) is 21.3. The number of aromatic nitrogens is 2. The molecule has 0 radical (unpaired) electrons. The summed E-state index contributed by atoms with van der Waals surface area (Å²) >= 11 is 0. The highest BCUT2D eigenvalue weighted by molar-refractivity contribution is 6.62. The molecular formula is C34H40BN3O4. The standard InChI is InChI=1S/C34H40BN3O4/c1-32(2,3)40-31(39)38-18-8-9-29(38)30-36-21-28(37-30)23-12-10-22(11-13-23)24-14-15-26-20-27(17-16-25(26)19-24)35-41-33(4,5)34(6,7)42-35/h10-17,19-21,29H,8-9,18H2,1-7H3,(H,36,37)/t29-/m0/s1. The van der Waals surface area contributed by atoms with Gasteiger partial charge in [0.05, 0.1) is 29.1 Å². The molecule has 3 aromatic carbocycles. The van der Waals surface area contributed by atoms with Gasteiger partial charge in [-0.15, -0.1) is 0 Å². The normalized spacial score (nSPS) is 19.9. The maximum atomic E-state index is 12.7. The molecule has 1 N–H and O–H groups in total. The van der Waals surface area contributed by atoms with Gasteiger partial charge in [0, 0.05) is 6.54 Å². The SMILES string of the molecule is CC(C)(C)OC(=O)N1CCC[C@H]1c1ncc(-c2ccc(-c3ccc4cc(B5OC(C)(C)C(C)(C)O5)ccc4c3)cc2)[nH]1. The molecule has 1 aromatic heterocycles. The zero-order chi connectivity index (χ0) is 29.9. The lowest BCUT2D eigenvalue weighted by atomic mass is 9.78. The lowest BCUT2D eigenvalue weighted by Gasteiger charge is -2.32. The number of carbonyl (C=O) groups is 1. The second kappa shape index (κ2) is 10.3. The van der Waals surface area contributed by atoms with Gasteiger partial charge in [-0.25, -0.2) is 9.78 Å². The van der Waals surface area contributed by atoms with Crippen molar-refractivity contribution in [1.29, 1.82) is 0 Å². The molecule has 42 heavy (non-hydrogen) atoms. The molecule has 0 saturated carbocycles. The topological polar surface area (TPSA) is 76.7 Å². The van der Waals surface area contributed by atoms with Gasteiger partial charge in [0.25, 0.3) is 0 Å². The van der Waals surface area contributed by atoms with Crippen molar-refractivity contribution < 1.29 is 18.8 Å². The van der Waals surface area contributed by atoms with Crippen LogP contribution in [0.3, 0.4) is 0 Å². The Kier molecular flexibility index (Phi) is 6.98. The molecule has 1 amide bonds. The van der Waals surface area contributed by atoms with Crippen LogP contribution in [0.4, 0.5) is 4.79 Å². The molecule has 2 aliphatic rings. The van der Waals surface area contributed by atoms with Gasteiger partial charge in [-0.1, -0.05) is 54.6 Å². The van der Waals surface area contributed by atoms with E-state index in [1.54, 1.807) is 4.90 Å². The van der Waals surface area contributed by atoms with Crippen LogP contribution in [0.1, 0.15) is 73.2 Å². The van der Waals surface area contributed by atoms with Gasteiger partial charge in [-0.05, 0) is 100 Å². The quantitative estimate of drug-likeness (QED) is 0.264. The van der Waals surface area contributed by atoms with E-state index in [-0.39, 0.29) is 30.5 Å². The molecule has 1 atom stereocenters. The number of imidazole rings is 1. The molecule has 2 saturated heterocycles. The highest BCUT2D eigenvalue weighted by Crippen LogP contribution is 2.37. The van der Waals surface area contributed by atoms with Gasteiger partial charge in [0.2, 0.25) is 0 Å². The summed E-state index contributed by atoms with van der Waals surface area (Å²) in [5, 5.41) is 2.32. The van der Waals surface area contributed by atoms with Crippen LogP contribution in [-0.4, -0.2) is 51.4 Å². The van der Waals surface area contributed by atoms with Crippen molar-refractivity contribution in [3.05, 3.63) is 72.7 Å². The number of likely N-dealkylation sites (tertiary alicyclic amines) is 1. The number of nitrogens with one attached hydrogen (secondary N) is 1. The Morgan fingerprint density at radius 1 is 0.929 bits per heavy atom. The summed E-state index contributed by atoms with van der Waals surface area (Å²) in [7, 11) is -0.372. The van der Waals surface area contributed by atoms with Crippen molar-refractivity contribution >= 4 is 29.4 Å². The fourth-order valence-electron chi connectivity index (χ4n) is 5.65. The van der Waals surface area contributed by atoms with Gasteiger partial charge in [-0.3, -0.25) is 4.90 Å². The number of carbonyl (C=O) groups excluding carboxylic acids is 1. The third-order valence-corrected chi connectivity index (χ3v) is 8.71. The van der Waals surface area contributed by atoms with E-state index >= 15 is 0 Å². The summed E-state index contributed by atoms with van der Waals surface area (Å²) in [6.07, 6.45) is 3.36. The zero-order valence-corrected chi connectivity index (χ0v) is 25.7. The Hall–Kier alpha value is -3.62. The number of amides is 1. The highest BCUT2D eigenvalue weighted by Gasteiger charge is 2.51. The van der Waals surface area contributed by atoms with E-state index in [2.05, 4.69) is 98.3 Å². The lowest BCUT2D eigenvalue weighted by molar-refractivity contribution is 0.00578. The number of hydrogen-bond donors (Lipinski definition) is 1. The summed E-state index contributed by atoms with van der Waals surface area (Å²) in [4.78, 5) is 22.6. The molecule has 0 spiro atoms. The number of fused-ring (bicyclic) bond motifs is 1. The fourth-order valence-corrected chi connectivity index (χ4v) is 5.65. The Bertz CT molecular complexity index is 1600. The van der Waals surface area contributed by atoms with Gasteiger partial charge < -0.3 is 19.0 Å². The van der Waals surface area contributed by atoms with Crippen LogP contribution < -0.4 is 5.46 Å². The molecule has 2 aliphatic heterocycles. The van der Waals surface area contributed by atoms with Crippen molar-refractivity contribution in [2.75, 3.05) is 6.54 Å². The molecule has 0 unspecified atom stereocenters. The van der Waals surface area contributed by atoms with Crippen LogP contribution in [0.2, 0.25) is 0 Å². The van der Waals surface area contributed by atoms with Crippen molar-refractivity contribution in [1.82, 2.24) is 14.9 Å². The second-order valence-electron chi connectivity index (χ2n) is 13.5. The zero-order valence-electron chi connectivity index (χ0n) is 25.7. The van der Waals surface area contributed by atoms with Crippen LogP contribution in [0.15, 0.2) is 66.9 Å². The van der Waals surface area contributed by atoms with Crippen molar-refractivity contribution in [2.45, 2.75) is 84.2 Å². The monoisotopic (exact) mass is 565 g/mol. The lowest BCUT2D eigenvalue weighted by Crippen LogP contribution is -2.41. The number of ether oxygens (including phenoxy) is 1. The van der Waals surface area contributed by atoms with E-state index in [9.17, 15) is 4.79 Å². The van der Waals surface area contributed by atoms with Crippen LogP contribution in [0, 0.1) is 0 Å². The molecule has 7 nitrogen and oxygen atoms in total. The molecule has 8 heteroatoms. The van der Waals surface area contributed by atoms with E-state index in [1.807, 2.05) is 27.0 Å². The van der Waals surface area contributed by atoms with Gasteiger partial charge in [-0.2, -0.15) is 0 Å². The molecule has 218 valence electrons. The predicted octanol–water partition coefficient (Wildman–Crippen LogP) is 7.27. The van der Waals surface area contributed by atoms with Crippen LogP contribution in [0.25, 0.3) is 33.2 Å². The minimum Gasteiger partial charge on any atom is -0.444 e. The highest BCUT2D eigenvalue weighted by atomic mass is 16.7. The first-order valence-corrected chi connectivity index (χ1v) is 14.8. The number of nitrogens with zero attached hydrogens (tertiary/aromatic N) is 2. The van der Waals surface area contributed by atoms with E-state index in [0.717, 1.165) is 51.9 Å². The Morgan fingerprint density at radius 2 is 1.55 bits per heavy atom. The maximum Gasteiger partial charge on any atom is 0.494 e. The Balaban J connectivity index is 1.17. The molecule has 0 aliphatic carbocycles. The van der Waals surface area contributed by atoms with Crippen LogP contribution >= 0.6 is 0 Å². The molecular weight excluding hydrogens is 525 g/mol. The molecule has 0 bridgehead atoms. The summed E-state index contributed by atoms with van der Waals surface area (Å²) in [5.74, 6) is 0.798. The number of benzene rings is 3. The smallest absolute Gasteiger partial charge is 0.444 e. The third-order valence-electron chi connectivity index (χ3n) is 8.71. The first kappa shape index (κ1) is 28.5. The first-order valence-electron chi connectivity index (χ1n) is 14.8. The number of H-pyrrole nitrogens is 1. The molecule has 2 fully saturated rings. The average Bonchev–Trinajstić information content (AvgIpc) is 3.65. The van der Waals surface area contributed by atoms with Crippen molar-refractivity contribution in [2.24, 2.45) is 0 Å². The number of aromatic amines is 1. The summed E-state index contributed by atoms with van der Waals surface area (Å²) in [5.41, 5.74) is 4.05. The Morgan fingerprint density at radius 3 is 2.24 bits per heavy atom. The van der Waals surface area contributed by atoms with E-state index < -0.39 is 5.60 Å². The van der Waals surface area contributed by atoms with Gasteiger partial charge in [0.15, 0.2) is 0 Å². The average molecular weight is 566 g/mol. The number of hydrogen-bond acceptors (Lipinski definition) is 5. The second-order valence-corrected chi connectivity index (χ2v) is 13.5. The molecule has 6 rings (SSSR count). The minimum atomic E-state index is -0.525. The number of rotatable bonds is 4. The van der Waals surface area contributed by atoms with Gasteiger partial charge >= 0.3 is 13.2 Å². The molecule has 4 aromatic rings. The molecule has 3 heterocycles.